The zero-order valence-electron chi connectivity index (χ0n) is 15.3. The number of nitrogens with one attached hydrogen (secondary N) is 1. The fraction of sp³-hybridized carbons (Fsp3) is 0.263. The third kappa shape index (κ3) is 3.46. The SMILES string of the molecule is C[C@]1(c2ccc3c(c2)OCO3)NC(=O)N(CCS(=O)(=O)c2ccc(Br)cc2)C1=O. The van der Waals surface area contributed by atoms with E-state index < -0.39 is 27.3 Å². The first kappa shape index (κ1) is 19.7. The minimum Gasteiger partial charge on any atom is -0.454 e. The van der Waals surface area contributed by atoms with E-state index in [2.05, 4.69) is 21.2 Å². The summed E-state index contributed by atoms with van der Waals surface area (Å²) in [6.07, 6.45) is 0. The van der Waals surface area contributed by atoms with Crippen molar-refractivity contribution in [2.24, 2.45) is 0 Å². The standard InChI is InChI=1S/C19H17BrN2O6S/c1-19(12-2-7-15-16(10-12)28-11-27-15)17(23)22(18(24)21-19)8-9-29(25,26)14-5-3-13(20)4-6-14/h2-7,10H,8-9,11H2,1H3,(H,21,24)/t19-/m1/s1. The summed E-state index contributed by atoms with van der Waals surface area (Å²) in [7, 11) is -3.65. The van der Waals surface area contributed by atoms with Crippen molar-refractivity contribution in [3.8, 4) is 11.5 Å². The number of benzene rings is 2. The third-order valence-corrected chi connectivity index (χ3v) is 7.22. The van der Waals surface area contributed by atoms with E-state index in [9.17, 15) is 18.0 Å². The Morgan fingerprint density at radius 1 is 1.10 bits per heavy atom. The zero-order valence-corrected chi connectivity index (χ0v) is 17.7. The van der Waals surface area contributed by atoms with Crippen molar-refractivity contribution in [2.75, 3.05) is 19.1 Å². The number of carbonyl (C=O) groups excluding carboxylic acids is 2. The summed E-state index contributed by atoms with van der Waals surface area (Å²) in [6, 6.07) is 10.5. The number of hydrogen-bond acceptors (Lipinski definition) is 6. The minimum atomic E-state index is -3.65. The highest BCUT2D eigenvalue weighted by Crippen LogP contribution is 2.37. The first-order chi connectivity index (χ1) is 13.7. The third-order valence-electron chi connectivity index (χ3n) is 4.98. The van der Waals surface area contributed by atoms with Gasteiger partial charge in [0.05, 0.1) is 10.6 Å². The summed E-state index contributed by atoms with van der Waals surface area (Å²) in [6.45, 7) is 1.42. The van der Waals surface area contributed by atoms with Gasteiger partial charge >= 0.3 is 6.03 Å². The number of nitrogens with zero attached hydrogens (tertiary/aromatic N) is 1. The topological polar surface area (TPSA) is 102 Å². The molecule has 10 heteroatoms. The number of fused-ring (bicyclic) bond motifs is 1. The van der Waals surface area contributed by atoms with Crippen LogP contribution in [-0.2, 0) is 20.2 Å². The smallest absolute Gasteiger partial charge is 0.325 e. The quantitative estimate of drug-likeness (QED) is 0.659. The van der Waals surface area contributed by atoms with E-state index in [0.29, 0.717) is 17.1 Å². The number of carbonyl (C=O) groups is 2. The van der Waals surface area contributed by atoms with Crippen LogP contribution in [0.25, 0.3) is 0 Å². The van der Waals surface area contributed by atoms with Gasteiger partial charge in [0.1, 0.15) is 5.54 Å². The molecule has 152 valence electrons. The summed E-state index contributed by atoms with van der Waals surface area (Å²) in [5, 5.41) is 2.66. The largest absolute Gasteiger partial charge is 0.454 e. The monoisotopic (exact) mass is 480 g/mol. The molecule has 0 spiro atoms. The number of hydrogen-bond donors (Lipinski definition) is 1. The predicted molar refractivity (Wildman–Crippen MR) is 106 cm³/mol. The maximum atomic E-state index is 13.0. The molecule has 0 bridgehead atoms. The Hall–Kier alpha value is -2.59. The van der Waals surface area contributed by atoms with Crippen LogP contribution in [0.15, 0.2) is 51.8 Å². The average Bonchev–Trinajstić information content (AvgIpc) is 3.23. The van der Waals surface area contributed by atoms with Gasteiger partial charge in [0.15, 0.2) is 21.3 Å². The molecule has 0 unspecified atom stereocenters. The number of amides is 3. The molecule has 0 saturated carbocycles. The van der Waals surface area contributed by atoms with Gasteiger partial charge in [0, 0.05) is 11.0 Å². The molecule has 1 fully saturated rings. The molecule has 1 atom stereocenters. The lowest BCUT2D eigenvalue weighted by atomic mass is 9.91. The zero-order chi connectivity index (χ0) is 20.8. The van der Waals surface area contributed by atoms with Gasteiger partial charge in [0.25, 0.3) is 5.91 Å². The van der Waals surface area contributed by atoms with E-state index in [0.717, 1.165) is 9.37 Å². The van der Waals surface area contributed by atoms with E-state index in [1.807, 2.05) is 0 Å². The Bertz CT molecular complexity index is 1100. The van der Waals surface area contributed by atoms with Crippen LogP contribution in [0.1, 0.15) is 12.5 Å². The van der Waals surface area contributed by atoms with Gasteiger partial charge in [-0.1, -0.05) is 22.0 Å². The highest BCUT2D eigenvalue weighted by atomic mass is 79.9. The van der Waals surface area contributed by atoms with Crippen molar-refractivity contribution < 1.29 is 27.5 Å². The first-order valence-electron chi connectivity index (χ1n) is 8.73. The molecule has 8 nitrogen and oxygen atoms in total. The van der Waals surface area contributed by atoms with Crippen LogP contribution < -0.4 is 14.8 Å². The van der Waals surface area contributed by atoms with Crippen molar-refractivity contribution in [1.82, 2.24) is 10.2 Å². The van der Waals surface area contributed by atoms with Crippen LogP contribution in [-0.4, -0.2) is 44.3 Å². The normalized spacial score (nSPS) is 20.8. The summed E-state index contributed by atoms with van der Waals surface area (Å²) >= 11 is 3.26. The highest BCUT2D eigenvalue weighted by molar-refractivity contribution is 9.10. The molecule has 3 amide bonds. The highest BCUT2D eigenvalue weighted by Gasteiger charge is 2.49. The molecule has 0 radical (unpaired) electrons. The van der Waals surface area contributed by atoms with Crippen molar-refractivity contribution in [1.29, 1.82) is 0 Å². The Labute approximate surface area is 175 Å². The van der Waals surface area contributed by atoms with Gasteiger partial charge in [-0.15, -0.1) is 0 Å². The number of sulfone groups is 1. The Kier molecular flexibility index (Phi) is 4.78. The van der Waals surface area contributed by atoms with E-state index in [1.54, 1.807) is 37.3 Å². The van der Waals surface area contributed by atoms with Crippen LogP contribution in [0.5, 0.6) is 11.5 Å². The molecular weight excluding hydrogens is 464 g/mol. The van der Waals surface area contributed by atoms with Gasteiger partial charge in [-0.3, -0.25) is 9.69 Å². The fourth-order valence-electron chi connectivity index (χ4n) is 3.27. The number of ether oxygens (including phenoxy) is 2. The van der Waals surface area contributed by atoms with E-state index >= 15 is 0 Å². The number of halogens is 1. The van der Waals surface area contributed by atoms with Crippen LogP contribution in [0.2, 0.25) is 0 Å². The van der Waals surface area contributed by atoms with Crippen LogP contribution in [0.4, 0.5) is 4.79 Å². The van der Waals surface area contributed by atoms with Gasteiger partial charge < -0.3 is 14.8 Å². The van der Waals surface area contributed by atoms with Crippen molar-refractivity contribution in [2.45, 2.75) is 17.4 Å². The lowest BCUT2D eigenvalue weighted by Gasteiger charge is -2.22. The molecule has 2 aromatic rings. The maximum Gasteiger partial charge on any atom is 0.325 e. The Balaban J connectivity index is 1.53. The first-order valence-corrected chi connectivity index (χ1v) is 11.2. The molecule has 0 aromatic heterocycles. The molecule has 29 heavy (non-hydrogen) atoms. The summed E-state index contributed by atoms with van der Waals surface area (Å²) in [5.74, 6) is 0.159. The maximum absolute atomic E-state index is 13.0. The fourth-order valence-corrected chi connectivity index (χ4v) is 4.75. The molecule has 1 N–H and O–H groups in total. The van der Waals surface area contributed by atoms with Crippen molar-refractivity contribution >= 4 is 37.7 Å². The van der Waals surface area contributed by atoms with Gasteiger partial charge in [-0.05, 0) is 48.9 Å². The summed E-state index contributed by atoms with van der Waals surface area (Å²) in [5.41, 5.74) is -0.794. The molecule has 2 aliphatic heterocycles. The van der Waals surface area contributed by atoms with Gasteiger partial charge in [-0.25, -0.2) is 13.2 Å². The lowest BCUT2D eigenvalue weighted by molar-refractivity contribution is -0.130. The second-order valence-corrected chi connectivity index (χ2v) is 9.88. The molecule has 0 aliphatic carbocycles. The molecule has 2 heterocycles. The second kappa shape index (κ2) is 7.03. The van der Waals surface area contributed by atoms with Crippen LogP contribution in [0.3, 0.4) is 0 Å². The molecule has 1 saturated heterocycles. The van der Waals surface area contributed by atoms with Gasteiger partial charge in [0.2, 0.25) is 6.79 Å². The number of rotatable bonds is 5. The van der Waals surface area contributed by atoms with E-state index in [-0.39, 0.29) is 24.0 Å². The summed E-state index contributed by atoms with van der Waals surface area (Å²) < 4.78 is 36.5. The Morgan fingerprint density at radius 3 is 2.52 bits per heavy atom. The molecular formula is C19H17BrN2O6S. The van der Waals surface area contributed by atoms with Crippen molar-refractivity contribution in [3.05, 3.63) is 52.5 Å². The average molecular weight is 481 g/mol. The Morgan fingerprint density at radius 2 is 1.79 bits per heavy atom. The second-order valence-electron chi connectivity index (χ2n) is 6.85. The molecule has 4 rings (SSSR count). The molecule has 2 aromatic carbocycles. The lowest BCUT2D eigenvalue weighted by Crippen LogP contribution is -2.41. The van der Waals surface area contributed by atoms with Gasteiger partial charge in [-0.2, -0.15) is 0 Å². The van der Waals surface area contributed by atoms with E-state index in [4.69, 9.17) is 9.47 Å². The predicted octanol–water partition coefficient (Wildman–Crippen LogP) is 2.42. The van der Waals surface area contributed by atoms with E-state index in [1.165, 1.54) is 12.1 Å². The summed E-state index contributed by atoms with van der Waals surface area (Å²) in [4.78, 5) is 26.5. The number of urea groups is 1. The van der Waals surface area contributed by atoms with Crippen LogP contribution >= 0.6 is 15.9 Å². The minimum absolute atomic E-state index is 0.0931. The number of imide groups is 1. The van der Waals surface area contributed by atoms with Crippen molar-refractivity contribution in [3.63, 3.8) is 0 Å². The molecule has 2 aliphatic rings. The van der Waals surface area contributed by atoms with Crippen LogP contribution in [0, 0.1) is 0 Å².